The van der Waals surface area contributed by atoms with E-state index in [9.17, 15) is 4.79 Å². The van der Waals surface area contributed by atoms with Crippen LogP contribution in [0.15, 0.2) is 34.9 Å². The van der Waals surface area contributed by atoms with E-state index in [2.05, 4.69) is 34.2 Å². The summed E-state index contributed by atoms with van der Waals surface area (Å²) >= 11 is 0. The number of methoxy groups -OCH3 is 1. The van der Waals surface area contributed by atoms with Crippen molar-refractivity contribution in [2.45, 2.75) is 20.3 Å². The molecule has 1 amide bonds. The Kier molecular flexibility index (Phi) is 6.80. The van der Waals surface area contributed by atoms with Crippen LogP contribution >= 0.6 is 0 Å². The van der Waals surface area contributed by atoms with Gasteiger partial charge in [0.1, 0.15) is 0 Å². The number of carbonyl (C=O) groups is 1. The van der Waals surface area contributed by atoms with Crippen molar-refractivity contribution in [3.8, 4) is 11.3 Å². The van der Waals surface area contributed by atoms with Gasteiger partial charge in [-0.1, -0.05) is 32.4 Å². The lowest BCUT2D eigenvalue weighted by atomic mass is 10.1. The highest BCUT2D eigenvalue weighted by Gasteiger charge is 2.07. The Morgan fingerprint density at radius 3 is 2.67 bits per heavy atom. The zero-order valence-corrected chi connectivity index (χ0v) is 12.8. The number of nitrogens with zero attached hydrogens (tertiary/aromatic N) is 1. The van der Waals surface area contributed by atoms with E-state index in [-0.39, 0.29) is 0 Å². The molecule has 0 spiro atoms. The first kappa shape index (κ1) is 16.6. The second-order valence-electron chi connectivity index (χ2n) is 4.18. The van der Waals surface area contributed by atoms with Crippen molar-refractivity contribution in [3.05, 3.63) is 30.5 Å². The van der Waals surface area contributed by atoms with Crippen molar-refractivity contribution in [2.75, 3.05) is 24.8 Å². The first-order chi connectivity index (χ1) is 10.1. The van der Waals surface area contributed by atoms with Gasteiger partial charge in [-0.15, -0.1) is 0 Å². The Bertz CT molecular complexity index is 567. The second kappa shape index (κ2) is 8.63. The molecule has 2 aromatic rings. The fourth-order valence-corrected chi connectivity index (χ4v) is 1.44. The number of nitrogens with one attached hydrogen (secondary N) is 2. The predicted octanol–water partition coefficient (Wildman–Crippen LogP) is 3.98. The average molecular weight is 291 g/mol. The molecular weight excluding hydrogens is 270 g/mol. The molecule has 0 aliphatic rings. The van der Waals surface area contributed by atoms with Gasteiger partial charge in [0.15, 0.2) is 5.76 Å². The number of amides is 1. The first-order valence-electron chi connectivity index (χ1n) is 6.73. The van der Waals surface area contributed by atoms with Gasteiger partial charge in [-0.25, -0.2) is 9.78 Å². The molecule has 114 valence electrons. The van der Waals surface area contributed by atoms with Gasteiger partial charge in [0.2, 0.25) is 0 Å². The van der Waals surface area contributed by atoms with E-state index in [1.807, 2.05) is 12.1 Å². The molecule has 0 aliphatic heterocycles. The van der Waals surface area contributed by atoms with E-state index < -0.39 is 6.09 Å². The number of benzene rings is 1. The number of aromatic nitrogens is 1. The Labute approximate surface area is 124 Å². The summed E-state index contributed by atoms with van der Waals surface area (Å²) in [6.07, 6.45) is 2.35. The van der Waals surface area contributed by atoms with E-state index in [1.165, 1.54) is 13.5 Å². The van der Waals surface area contributed by atoms with E-state index in [1.54, 1.807) is 25.4 Å². The highest BCUT2D eigenvalue weighted by atomic mass is 16.5. The number of rotatable bonds is 3. The van der Waals surface area contributed by atoms with Crippen LogP contribution in [0.2, 0.25) is 0 Å². The van der Waals surface area contributed by atoms with E-state index in [4.69, 9.17) is 4.42 Å². The largest absolute Gasteiger partial charge is 0.453 e. The molecule has 0 unspecified atom stereocenters. The summed E-state index contributed by atoms with van der Waals surface area (Å²) in [4.78, 5) is 15.1. The fourth-order valence-electron chi connectivity index (χ4n) is 1.44. The van der Waals surface area contributed by atoms with Crippen LogP contribution in [0.5, 0.6) is 0 Å². The molecule has 21 heavy (non-hydrogen) atoms. The zero-order valence-electron chi connectivity index (χ0n) is 12.8. The quantitative estimate of drug-likeness (QED) is 0.894. The summed E-state index contributed by atoms with van der Waals surface area (Å²) in [5, 5.41) is 5.39. The third-order valence-electron chi connectivity index (χ3n) is 2.30. The summed E-state index contributed by atoms with van der Waals surface area (Å²) in [5.74, 6) is 0.618. The lowest BCUT2D eigenvalue weighted by Crippen LogP contribution is -2.10. The third kappa shape index (κ3) is 5.18. The summed E-state index contributed by atoms with van der Waals surface area (Å²) in [6, 6.07) is 7.65. The van der Waals surface area contributed by atoms with Crippen molar-refractivity contribution in [2.24, 2.45) is 0 Å². The molecule has 0 saturated heterocycles. The van der Waals surface area contributed by atoms with Crippen LogP contribution in [0.1, 0.15) is 20.3 Å². The van der Waals surface area contributed by atoms with Crippen LogP contribution in [0.3, 0.4) is 0 Å². The number of carbonyl (C=O) groups excluding carboxylic acids is 1. The fraction of sp³-hybridized carbons (Fsp3) is 0.333. The highest BCUT2D eigenvalue weighted by Crippen LogP contribution is 2.24. The number of anilines is 2. The SMILES string of the molecule is CCC.CNc1ncc(-c2cccc(NC(=O)OC)c2)o1. The lowest BCUT2D eigenvalue weighted by Gasteiger charge is -2.04. The van der Waals surface area contributed by atoms with Crippen molar-refractivity contribution in [1.29, 1.82) is 0 Å². The molecule has 6 nitrogen and oxygen atoms in total. The Morgan fingerprint density at radius 2 is 2.10 bits per heavy atom. The van der Waals surface area contributed by atoms with Gasteiger partial charge in [-0.2, -0.15) is 0 Å². The Hall–Kier alpha value is -2.50. The number of hydrogen-bond acceptors (Lipinski definition) is 5. The molecule has 1 aromatic carbocycles. The van der Waals surface area contributed by atoms with Crippen molar-refractivity contribution in [3.63, 3.8) is 0 Å². The highest BCUT2D eigenvalue weighted by molar-refractivity contribution is 5.85. The van der Waals surface area contributed by atoms with Gasteiger partial charge in [0.05, 0.1) is 13.3 Å². The van der Waals surface area contributed by atoms with Crippen molar-refractivity contribution in [1.82, 2.24) is 4.98 Å². The number of ether oxygens (including phenoxy) is 1. The minimum atomic E-state index is -0.513. The van der Waals surface area contributed by atoms with Gasteiger partial charge in [0.25, 0.3) is 6.01 Å². The second-order valence-corrected chi connectivity index (χ2v) is 4.18. The smallest absolute Gasteiger partial charge is 0.411 e. The molecule has 1 heterocycles. The Balaban J connectivity index is 0.000000677. The predicted molar refractivity (Wildman–Crippen MR) is 83.5 cm³/mol. The van der Waals surface area contributed by atoms with E-state index >= 15 is 0 Å². The molecule has 0 atom stereocenters. The maximum Gasteiger partial charge on any atom is 0.411 e. The standard InChI is InChI=1S/C12H13N3O3.C3H8/c1-13-11-14-7-10(18-11)8-4-3-5-9(6-8)15-12(16)17-2;1-3-2/h3-7H,1-2H3,(H,13,14)(H,15,16);3H2,1-2H3. The normalized spacial score (nSPS) is 9.33. The summed E-state index contributed by atoms with van der Waals surface area (Å²) < 4.78 is 9.96. The van der Waals surface area contributed by atoms with Crippen LogP contribution in [0, 0.1) is 0 Å². The van der Waals surface area contributed by atoms with Crippen molar-refractivity contribution < 1.29 is 13.9 Å². The molecule has 6 heteroatoms. The Morgan fingerprint density at radius 1 is 1.38 bits per heavy atom. The van der Waals surface area contributed by atoms with Gasteiger partial charge >= 0.3 is 6.09 Å². The molecule has 1 aromatic heterocycles. The summed E-state index contributed by atoms with van der Waals surface area (Å²) in [7, 11) is 3.04. The van der Waals surface area contributed by atoms with Crippen LogP contribution in [-0.4, -0.2) is 25.2 Å². The minimum absolute atomic E-state index is 0.441. The molecule has 0 saturated carbocycles. The number of hydrogen-bond donors (Lipinski definition) is 2. The van der Waals surface area contributed by atoms with Gasteiger partial charge in [-0.05, 0) is 12.1 Å². The van der Waals surface area contributed by atoms with Crippen LogP contribution < -0.4 is 10.6 Å². The molecule has 0 aliphatic carbocycles. The molecular formula is C15H21N3O3. The van der Waals surface area contributed by atoms with Gasteiger partial charge in [-0.3, -0.25) is 5.32 Å². The molecule has 0 bridgehead atoms. The van der Waals surface area contributed by atoms with E-state index in [0.29, 0.717) is 17.5 Å². The number of oxazole rings is 1. The molecule has 0 radical (unpaired) electrons. The maximum atomic E-state index is 11.1. The van der Waals surface area contributed by atoms with E-state index in [0.717, 1.165) is 5.56 Å². The summed E-state index contributed by atoms with van der Waals surface area (Å²) in [6.45, 7) is 4.25. The van der Waals surface area contributed by atoms with Crippen LogP contribution in [-0.2, 0) is 4.74 Å². The summed E-state index contributed by atoms with van der Waals surface area (Å²) in [5.41, 5.74) is 1.44. The molecule has 2 N–H and O–H groups in total. The maximum absolute atomic E-state index is 11.1. The topological polar surface area (TPSA) is 76.4 Å². The molecule has 0 fully saturated rings. The van der Waals surface area contributed by atoms with Gasteiger partial charge in [0, 0.05) is 18.3 Å². The van der Waals surface area contributed by atoms with Crippen LogP contribution in [0.4, 0.5) is 16.5 Å². The van der Waals surface area contributed by atoms with Gasteiger partial charge < -0.3 is 14.5 Å². The first-order valence-corrected chi connectivity index (χ1v) is 6.73. The zero-order chi connectivity index (χ0) is 15.7. The van der Waals surface area contributed by atoms with Crippen molar-refractivity contribution >= 4 is 17.8 Å². The molecule has 2 rings (SSSR count). The third-order valence-corrected chi connectivity index (χ3v) is 2.30. The lowest BCUT2D eigenvalue weighted by molar-refractivity contribution is 0.187. The minimum Gasteiger partial charge on any atom is -0.453 e. The van der Waals surface area contributed by atoms with Crippen LogP contribution in [0.25, 0.3) is 11.3 Å². The average Bonchev–Trinajstić information content (AvgIpc) is 2.97. The monoisotopic (exact) mass is 291 g/mol.